The molecule has 1 heterocycles. The molecule has 0 radical (unpaired) electrons. The van der Waals surface area contributed by atoms with Gasteiger partial charge >= 0.3 is 0 Å². The van der Waals surface area contributed by atoms with Crippen molar-refractivity contribution in [2.45, 2.75) is 32.3 Å². The minimum absolute atomic E-state index is 0.122. The summed E-state index contributed by atoms with van der Waals surface area (Å²) in [6, 6.07) is 9.70. The van der Waals surface area contributed by atoms with Crippen LogP contribution >= 0.6 is 11.6 Å². The van der Waals surface area contributed by atoms with Crippen molar-refractivity contribution in [3.8, 4) is 0 Å². The summed E-state index contributed by atoms with van der Waals surface area (Å²) in [5.74, 6) is -0.122. The topological polar surface area (TPSA) is 38.1 Å². The highest BCUT2D eigenvalue weighted by Gasteiger charge is 2.22. The third kappa shape index (κ3) is 3.20. The van der Waals surface area contributed by atoms with Crippen LogP contribution in [0.5, 0.6) is 0 Å². The molecule has 0 saturated heterocycles. The number of para-hydroxylation sites is 1. The predicted octanol–water partition coefficient (Wildman–Crippen LogP) is 3.06. The number of hydrogen-bond donors (Lipinski definition) is 0. The maximum Gasteiger partial charge on any atom is 0.246 e. The number of benzene rings is 1. The summed E-state index contributed by atoms with van der Waals surface area (Å²) in [4.78, 5) is 14.1. The van der Waals surface area contributed by atoms with Crippen LogP contribution in [0.2, 0.25) is 0 Å². The van der Waals surface area contributed by atoms with E-state index in [-0.39, 0.29) is 5.91 Å². The molecule has 0 aliphatic heterocycles. The number of aromatic nitrogens is 2. The Hall–Kier alpha value is -1.81. The second-order valence-corrected chi connectivity index (χ2v) is 5.21. The molecule has 0 bridgehead atoms. The van der Waals surface area contributed by atoms with Gasteiger partial charge < -0.3 is 0 Å². The number of amides is 1. The van der Waals surface area contributed by atoms with E-state index in [2.05, 4.69) is 12.0 Å². The van der Waals surface area contributed by atoms with Gasteiger partial charge in [-0.05, 0) is 31.0 Å². The van der Waals surface area contributed by atoms with E-state index < -0.39 is 5.38 Å². The molecule has 0 fully saturated rings. The third-order valence-corrected chi connectivity index (χ3v) is 3.30. The van der Waals surface area contributed by atoms with E-state index in [1.807, 2.05) is 36.5 Å². The monoisotopic (exact) mass is 291 g/mol. The maximum atomic E-state index is 12.4. The summed E-state index contributed by atoms with van der Waals surface area (Å²) in [6.45, 7) is 4.12. The minimum atomic E-state index is -0.574. The molecule has 0 N–H and O–H groups in total. The van der Waals surface area contributed by atoms with Gasteiger partial charge in [-0.1, -0.05) is 25.1 Å². The van der Waals surface area contributed by atoms with Crippen LogP contribution in [-0.2, 0) is 17.9 Å². The Morgan fingerprint density at radius 1 is 1.40 bits per heavy atom. The van der Waals surface area contributed by atoms with Crippen LogP contribution in [0.3, 0.4) is 0 Å². The van der Waals surface area contributed by atoms with Gasteiger partial charge in [0.1, 0.15) is 12.0 Å². The summed E-state index contributed by atoms with van der Waals surface area (Å²) in [5, 5.41) is 3.58. The van der Waals surface area contributed by atoms with Gasteiger partial charge in [0.15, 0.2) is 0 Å². The molecule has 0 saturated carbocycles. The minimum Gasteiger partial charge on any atom is -0.291 e. The summed E-state index contributed by atoms with van der Waals surface area (Å²) in [5.41, 5.74) is 2.01. The van der Waals surface area contributed by atoms with Gasteiger partial charge in [0.2, 0.25) is 5.91 Å². The third-order valence-electron chi connectivity index (χ3n) is 3.12. The lowest BCUT2D eigenvalue weighted by Gasteiger charge is -2.26. The number of carbonyl (C=O) groups is 1. The van der Waals surface area contributed by atoms with Crippen molar-refractivity contribution in [2.24, 2.45) is 0 Å². The van der Waals surface area contributed by atoms with Crippen LogP contribution in [0.15, 0.2) is 42.7 Å². The van der Waals surface area contributed by atoms with Crippen molar-refractivity contribution in [1.82, 2.24) is 9.78 Å². The molecule has 0 spiro atoms. The van der Waals surface area contributed by atoms with Gasteiger partial charge in [0, 0.05) is 18.1 Å². The normalized spacial score (nSPS) is 12.2. The van der Waals surface area contributed by atoms with E-state index in [0.29, 0.717) is 6.67 Å². The Morgan fingerprint density at radius 3 is 2.75 bits per heavy atom. The first kappa shape index (κ1) is 14.6. The zero-order valence-corrected chi connectivity index (χ0v) is 12.4. The molecule has 20 heavy (non-hydrogen) atoms. The van der Waals surface area contributed by atoms with Crippen molar-refractivity contribution in [3.63, 3.8) is 0 Å². The van der Waals surface area contributed by atoms with Gasteiger partial charge in [-0.2, -0.15) is 5.10 Å². The van der Waals surface area contributed by atoms with E-state index in [4.69, 9.17) is 11.6 Å². The van der Waals surface area contributed by atoms with Crippen LogP contribution in [0.25, 0.3) is 0 Å². The molecule has 2 rings (SSSR count). The highest BCUT2D eigenvalue weighted by Crippen LogP contribution is 2.23. The Labute approximate surface area is 124 Å². The number of nitrogens with zero attached hydrogens (tertiary/aromatic N) is 3. The van der Waals surface area contributed by atoms with E-state index in [1.54, 1.807) is 22.7 Å². The standard InChI is InChI=1S/C15H18ClN3O/c1-3-13-7-4-5-8-14(13)19(15(20)12(2)16)11-18-10-6-9-17-18/h4-10,12H,3,11H2,1-2H3. The zero-order chi connectivity index (χ0) is 14.5. The molecule has 0 aliphatic carbocycles. The van der Waals surface area contributed by atoms with Crippen molar-refractivity contribution >= 4 is 23.2 Å². The predicted molar refractivity (Wildman–Crippen MR) is 80.8 cm³/mol. The van der Waals surface area contributed by atoms with Gasteiger partial charge in [-0.3, -0.25) is 14.4 Å². The summed E-state index contributed by atoms with van der Waals surface area (Å²) >= 11 is 5.99. The number of hydrogen-bond acceptors (Lipinski definition) is 2. The first-order valence-corrected chi connectivity index (χ1v) is 7.08. The van der Waals surface area contributed by atoms with Crippen molar-refractivity contribution in [2.75, 3.05) is 4.90 Å². The van der Waals surface area contributed by atoms with Crippen LogP contribution in [0.1, 0.15) is 19.4 Å². The number of carbonyl (C=O) groups excluding carboxylic acids is 1. The molecule has 106 valence electrons. The largest absolute Gasteiger partial charge is 0.291 e. The van der Waals surface area contributed by atoms with Crippen molar-refractivity contribution in [3.05, 3.63) is 48.3 Å². The van der Waals surface area contributed by atoms with E-state index in [1.165, 1.54) is 0 Å². The fourth-order valence-corrected chi connectivity index (χ4v) is 2.20. The molecule has 5 heteroatoms. The summed E-state index contributed by atoms with van der Waals surface area (Å²) in [7, 11) is 0. The number of rotatable bonds is 5. The Morgan fingerprint density at radius 2 is 2.15 bits per heavy atom. The Balaban J connectivity index is 2.37. The lowest BCUT2D eigenvalue weighted by atomic mass is 10.1. The molecule has 1 aromatic heterocycles. The molecular formula is C15H18ClN3O. The molecule has 0 aliphatic rings. The zero-order valence-electron chi connectivity index (χ0n) is 11.7. The van der Waals surface area contributed by atoms with Crippen LogP contribution < -0.4 is 4.90 Å². The van der Waals surface area contributed by atoms with E-state index in [0.717, 1.165) is 17.7 Å². The quantitative estimate of drug-likeness (QED) is 0.794. The summed E-state index contributed by atoms with van der Waals surface area (Å²) < 4.78 is 1.71. The maximum absolute atomic E-state index is 12.4. The van der Waals surface area contributed by atoms with Crippen molar-refractivity contribution < 1.29 is 4.79 Å². The van der Waals surface area contributed by atoms with Crippen LogP contribution in [0, 0.1) is 0 Å². The first-order valence-electron chi connectivity index (χ1n) is 6.64. The number of alkyl halides is 1. The highest BCUT2D eigenvalue weighted by atomic mass is 35.5. The number of aryl methyl sites for hydroxylation is 1. The second-order valence-electron chi connectivity index (χ2n) is 4.55. The summed E-state index contributed by atoms with van der Waals surface area (Å²) in [6.07, 6.45) is 4.38. The average molecular weight is 292 g/mol. The molecule has 1 unspecified atom stereocenters. The molecule has 2 aromatic rings. The van der Waals surface area contributed by atoms with Crippen LogP contribution in [-0.4, -0.2) is 21.1 Å². The van der Waals surface area contributed by atoms with Gasteiger partial charge in [0.05, 0.1) is 0 Å². The molecule has 4 nitrogen and oxygen atoms in total. The van der Waals surface area contributed by atoms with Gasteiger partial charge in [-0.25, -0.2) is 0 Å². The second kappa shape index (κ2) is 6.57. The number of halogens is 1. The van der Waals surface area contributed by atoms with Gasteiger partial charge in [-0.15, -0.1) is 11.6 Å². The molecule has 1 atom stereocenters. The number of anilines is 1. The first-order chi connectivity index (χ1) is 9.63. The highest BCUT2D eigenvalue weighted by molar-refractivity contribution is 6.32. The fraction of sp³-hybridized carbons (Fsp3) is 0.333. The molecular weight excluding hydrogens is 274 g/mol. The molecule has 1 amide bonds. The Bertz CT molecular complexity index is 566. The van der Waals surface area contributed by atoms with Crippen LogP contribution in [0.4, 0.5) is 5.69 Å². The lowest BCUT2D eigenvalue weighted by molar-refractivity contribution is -0.118. The lowest BCUT2D eigenvalue weighted by Crippen LogP contribution is -2.38. The van der Waals surface area contributed by atoms with E-state index >= 15 is 0 Å². The van der Waals surface area contributed by atoms with Crippen molar-refractivity contribution in [1.29, 1.82) is 0 Å². The fourth-order valence-electron chi connectivity index (χ4n) is 2.08. The molecule has 1 aromatic carbocycles. The Kier molecular flexibility index (Phi) is 4.79. The van der Waals surface area contributed by atoms with Gasteiger partial charge in [0.25, 0.3) is 0 Å². The van der Waals surface area contributed by atoms with E-state index in [9.17, 15) is 4.79 Å². The average Bonchev–Trinajstić information content (AvgIpc) is 2.97. The smallest absolute Gasteiger partial charge is 0.246 e. The SMILES string of the molecule is CCc1ccccc1N(Cn1cccn1)C(=O)C(C)Cl.